The first-order chi connectivity index (χ1) is 10.2. The van der Waals surface area contributed by atoms with Crippen molar-refractivity contribution in [1.82, 2.24) is 19.4 Å². The van der Waals surface area contributed by atoms with E-state index in [4.69, 9.17) is 5.11 Å². The number of rotatable bonds is 2. The number of aromatic amines is 1. The van der Waals surface area contributed by atoms with Crippen LogP contribution in [0.25, 0.3) is 27.8 Å². The first-order valence-electron chi connectivity index (χ1n) is 6.36. The first-order valence-corrected chi connectivity index (χ1v) is 6.36. The average Bonchev–Trinajstić information content (AvgIpc) is 3.10. The molecule has 0 saturated heterocycles. The van der Waals surface area contributed by atoms with Crippen molar-refractivity contribution >= 4 is 22.5 Å². The van der Waals surface area contributed by atoms with Gasteiger partial charge in [0.2, 0.25) is 0 Å². The molecule has 0 bridgehead atoms. The van der Waals surface area contributed by atoms with Crippen LogP contribution in [0.2, 0.25) is 0 Å². The topological polar surface area (TPSA) is 83.3 Å². The van der Waals surface area contributed by atoms with Gasteiger partial charge < -0.3 is 10.1 Å². The van der Waals surface area contributed by atoms with E-state index in [1.165, 1.54) is 0 Å². The van der Waals surface area contributed by atoms with Gasteiger partial charge in [0.25, 0.3) is 0 Å². The van der Waals surface area contributed by atoms with Gasteiger partial charge in [0.15, 0.2) is 5.65 Å². The highest BCUT2D eigenvalue weighted by Crippen LogP contribution is 2.25. The summed E-state index contributed by atoms with van der Waals surface area (Å²) in [6.07, 6.45) is 7.02. The van der Waals surface area contributed by atoms with Crippen molar-refractivity contribution < 1.29 is 9.90 Å². The Balaban J connectivity index is 1.92. The van der Waals surface area contributed by atoms with Crippen LogP contribution in [-0.4, -0.2) is 30.4 Å². The highest BCUT2D eigenvalue weighted by molar-refractivity contribution is 5.95. The summed E-state index contributed by atoms with van der Waals surface area (Å²) in [4.78, 5) is 22.3. The Kier molecular flexibility index (Phi) is 2.32. The summed E-state index contributed by atoms with van der Waals surface area (Å²) in [7, 11) is 0. The van der Waals surface area contributed by atoms with E-state index in [0.717, 1.165) is 27.8 Å². The largest absolute Gasteiger partial charge is 0.477 e. The van der Waals surface area contributed by atoms with Crippen molar-refractivity contribution in [2.75, 3.05) is 0 Å². The van der Waals surface area contributed by atoms with Crippen LogP contribution >= 0.6 is 0 Å². The van der Waals surface area contributed by atoms with E-state index >= 15 is 0 Å². The molecule has 0 unspecified atom stereocenters. The zero-order valence-electron chi connectivity index (χ0n) is 10.8. The number of aromatic nitrogens is 4. The molecule has 6 heteroatoms. The highest BCUT2D eigenvalue weighted by atomic mass is 16.4. The molecule has 0 aliphatic carbocycles. The maximum atomic E-state index is 11.0. The van der Waals surface area contributed by atoms with Gasteiger partial charge >= 0.3 is 5.97 Å². The minimum absolute atomic E-state index is 0.185. The van der Waals surface area contributed by atoms with Crippen LogP contribution in [0.5, 0.6) is 0 Å². The number of fused-ring (bicyclic) bond motifs is 2. The minimum Gasteiger partial charge on any atom is -0.477 e. The molecule has 0 amide bonds. The van der Waals surface area contributed by atoms with E-state index < -0.39 is 5.97 Å². The number of aromatic carboxylic acids is 1. The van der Waals surface area contributed by atoms with Gasteiger partial charge in [0.05, 0.1) is 18.1 Å². The summed E-state index contributed by atoms with van der Waals surface area (Å²) in [5.41, 5.74) is 3.63. The number of hydrogen-bond acceptors (Lipinski definition) is 3. The van der Waals surface area contributed by atoms with Crippen molar-refractivity contribution in [2.24, 2.45) is 0 Å². The fourth-order valence-electron chi connectivity index (χ4n) is 2.46. The molecule has 102 valence electrons. The lowest BCUT2D eigenvalue weighted by atomic mass is 10.1. The molecular formula is C15H10N4O2. The average molecular weight is 278 g/mol. The Labute approximate surface area is 118 Å². The molecule has 6 nitrogen and oxygen atoms in total. The predicted octanol–water partition coefficient (Wildman–Crippen LogP) is 2.58. The SMILES string of the molecule is O=C(O)c1cc2ccc(-c3cnc4cnccn34)cc2[nH]1. The third-order valence-electron chi connectivity index (χ3n) is 3.47. The Bertz CT molecular complexity index is 984. The van der Waals surface area contributed by atoms with Crippen LogP contribution < -0.4 is 0 Å². The molecule has 0 aliphatic heterocycles. The lowest BCUT2D eigenvalue weighted by molar-refractivity contribution is 0.0691. The normalized spacial score (nSPS) is 11.2. The summed E-state index contributed by atoms with van der Waals surface area (Å²) < 4.78 is 1.94. The first kappa shape index (κ1) is 11.7. The van der Waals surface area contributed by atoms with Gasteiger partial charge in [0.1, 0.15) is 5.69 Å². The second kappa shape index (κ2) is 4.17. The van der Waals surface area contributed by atoms with Crippen molar-refractivity contribution in [3.63, 3.8) is 0 Å². The van der Waals surface area contributed by atoms with Crippen molar-refractivity contribution in [2.45, 2.75) is 0 Å². The van der Waals surface area contributed by atoms with Crippen LogP contribution in [0.1, 0.15) is 10.5 Å². The van der Waals surface area contributed by atoms with Crippen LogP contribution in [0.4, 0.5) is 0 Å². The van der Waals surface area contributed by atoms with E-state index in [-0.39, 0.29) is 5.69 Å². The lowest BCUT2D eigenvalue weighted by Crippen LogP contribution is -1.94. The molecule has 21 heavy (non-hydrogen) atoms. The van der Waals surface area contributed by atoms with Crippen molar-refractivity contribution in [3.8, 4) is 11.3 Å². The molecule has 2 N–H and O–H groups in total. The van der Waals surface area contributed by atoms with Crippen LogP contribution in [0, 0.1) is 0 Å². The molecule has 0 aliphatic rings. The predicted molar refractivity (Wildman–Crippen MR) is 77.2 cm³/mol. The van der Waals surface area contributed by atoms with Gasteiger partial charge in [-0.15, -0.1) is 0 Å². The van der Waals surface area contributed by atoms with E-state index in [0.29, 0.717) is 0 Å². The van der Waals surface area contributed by atoms with Gasteiger partial charge in [0, 0.05) is 28.9 Å². The van der Waals surface area contributed by atoms with E-state index in [1.54, 1.807) is 24.7 Å². The highest BCUT2D eigenvalue weighted by Gasteiger charge is 2.10. The molecule has 0 saturated carbocycles. The molecular weight excluding hydrogens is 268 g/mol. The van der Waals surface area contributed by atoms with E-state index in [2.05, 4.69) is 15.0 Å². The van der Waals surface area contributed by atoms with Gasteiger partial charge in [-0.05, 0) is 12.1 Å². The van der Waals surface area contributed by atoms with Gasteiger partial charge in [-0.25, -0.2) is 9.78 Å². The van der Waals surface area contributed by atoms with Gasteiger partial charge in [-0.3, -0.25) is 9.38 Å². The summed E-state index contributed by atoms with van der Waals surface area (Å²) in [5, 5.41) is 9.90. The fraction of sp³-hybridized carbons (Fsp3) is 0. The third-order valence-corrected chi connectivity index (χ3v) is 3.47. The number of hydrogen-bond donors (Lipinski definition) is 2. The van der Waals surface area contributed by atoms with E-state index in [9.17, 15) is 4.79 Å². The molecule has 1 aromatic carbocycles. The quantitative estimate of drug-likeness (QED) is 0.590. The summed E-state index contributed by atoms with van der Waals surface area (Å²) >= 11 is 0. The number of carboxylic acid groups (broad SMARTS) is 1. The van der Waals surface area contributed by atoms with Gasteiger partial charge in [-0.2, -0.15) is 0 Å². The van der Waals surface area contributed by atoms with Crippen molar-refractivity contribution in [1.29, 1.82) is 0 Å². The molecule has 0 atom stereocenters. The summed E-state index contributed by atoms with van der Waals surface area (Å²) in [6, 6.07) is 7.39. The molecule has 0 radical (unpaired) electrons. The Hall–Kier alpha value is -3.15. The standard InChI is InChI=1S/C15H10N4O2/c20-15(21)12-5-9-1-2-10(6-11(9)18-12)13-7-17-14-8-16-3-4-19(13)14/h1-8,18H,(H,20,21). The minimum atomic E-state index is -0.964. The van der Waals surface area contributed by atoms with Crippen molar-refractivity contribution in [3.05, 3.63) is 54.7 Å². The fourth-order valence-corrected chi connectivity index (χ4v) is 2.46. The molecule has 3 heterocycles. The van der Waals surface area contributed by atoms with Crippen LogP contribution in [0.15, 0.2) is 49.1 Å². The third kappa shape index (κ3) is 1.77. The molecule has 4 aromatic rings. The molecule has 0 spiro atoms. The number of carboxylic acids is 1. The maximum Gasteiger partial charge on any atom is 0.352 e. The Morgan fingerprint density at radius 1 is 1.24 bits per heavy atom. The monoisotopic (exact) mass is 278 g/mol. The molecule has 3 aromatic heterocycles. The van der Waals surface area contributed by atoms with Crippen LogP contribution in [-0.2, 0) is 0 Å². The summed E-state index contributed by atoms with van der Waals surface area (Å²) in [6.45, 7) is 0. The second-order valence-corrected chi connectivity index (χ2v) is 4.74. The van der Waals surface area contributed by atoms with E-state index in [1.807, 2.05) is 28.8 Å². The summed E-state index contributed by atoms with van der Waals surface area (Å²) in [5.74, 6) is -0.964. The molecule has 4 rings (SSSR count). The number of nitrogens with one attached hydrogen (secondary N) is 1. The second-order valence-electron chi connectivity index (χ2n) is 4.74. The smallest absolute Gasteiger partial charge is 0.352 e. The van der Waals surface area contributed by atoms with Crippen LogP contribution in [0.3, 0.4) is 0 Å². The Morgan fingerprint density at radius 3 is 3.00 bits per heavy atom. The Morgan fingerprint density at radius 2 is 2.14 bits per heavy atom. The van der Waals surface area contributed by atoms with Gasteiger partial charge in [-0.1, -0.05) is 12.1 Å². The molecule has 0 fully saturated rings. The number of nitrogens with zero attached hydrogens (tertiary/aromatic N) is 3. The number of benzene rings is 1. The number of imidazole rings is 1. The number of carbonyl (C=O) groups is 1. The zero-order valence-corrected chi connectivity index (χ0v) is 10.8. The number of H-pyrrole nitrogens is 1. The lowest BCUT2D eigenvalue weighted by Gasteiger charge is -2.01. The zero-order chi connectivity index (χ0) is 14.4. The maximum absolute atomic E-state index is 11.0.